The summed E-state index contributed by atoms with van der Waals surface area (Å²) in [5.41, 5.74) is 0.940. The maximum absolute atomic E-state index is 12.3. The molecule has 8 heteroatoms. The number of ether oxygens (including phenoxy) is 1. The molecule has 1 aliphatic carbocycles. The van der Waals surface area contributed by atoms with Crippen LogP contribution in [-0.2, 0) is 0 Å². The molecule has 3 rings (SSSR count). The van der Waals surface area contributed by atoms with Gasteiger partial charge >= 0.3 is 6.09 Å². The van der Waals surface area contributed by atoms with Gasteiger partial charge in [0.2, 0.25) is 5.88 Å². The summed E-state index contributed by atoms with van der Waals surface area (Å²) in [7, 11) is 1.52. The van der Waals surface area contributed by atoms with E-state index in [0.29, 0.717) is 42.7 Å². The van der Waals surface area contributed by atoms with Crippen LogP contribution in [0.2, 0.25) is 0 Å². The average Bonchev–Trinajstić information content (AvgIpc) is 2.55. The zero-order chi connectivity index (χ0) is 16.4. The van der Waals surface area contributed by atoms with Crippen molar-refractivity contribution in [1.82, 2.24) is 19.9 Å². The van der Waals surface area contributed by atoms with Gasteiger partial charge in [-0.1, -0.05) is 0 Å². The first kappa shape index (κ1) is 15.3. The van der Waals surface area contributed by atoms with Gasteiger partial charge in [-0.05, 0) is 31.7 Å². The normalized spacial score (nSPS) is 21.1. The van der Waals surface area contributed by atoms with E-state index in [-0.39, 0.29) is 17.6 Å². The first-order valence-corrected chi connectivity index (χ1v) is 7.50. The van der Waals surface area contributed by atoms with Crippen LogP contribution in [0.4, 0.5) is 4.79 Å². The Morgan fingerprint density at radius 1 is 1.35 bits per heavy atom. The van der Waals surface area contributed by atoms with Crippen LogP contribution in [0, 0.1) is 0 Å². The molecule has 0 atom stereocenters. The van der Waals surface area contributed by atoms with Crippen LogP contribution in [0.25, 0.3) is 11.2 Å². The zero-order valence-corrected chi connectivity index (χ0v) is 12.7. The number of carbonyl (C=O) groups is 1. The topological polar surface area (TPSA) is 106 Å². The quantitative estimate of drug-likeness (QED) is 0.889. The molecule has 8 nitrogen and oxygen atoms in total. The summed E-state index contributed by atoms with van der Waals surface area (Å²) in [5.74, 6) is 0.430. The van der Waals surface area contributed by atoms with E-state index in [2.05, 4.69) is 15.3 Å². The molecule has 1 aliphatic rings. The number of methoxy groups -OCH3 is 1. The molecule has 23 heavy (non-hydrogen) atoms. The Bertz CT molecular complexity index is 781. The summed E-state index contributed by atoms with van der Waals surface area (Å²) >= 11 is 0. The smallest absolute Gasteiger partial charge is 0.404 e. The van der Waals surface area contributed by atoms with Crippen LogP contribution in [0.3, 0.4) is 0 Å². The lowest BCUT2D eigenvalue weighted by atomic mass is 9.91. The van der Waals surface area contributed by atoms with E-state index in [1.54, 1.807) is 16.7 Å². The molecule has 2 heterocycles. The van der Waals surface area contributed by atoms with Gasteiger partial charge < -0.3 is 15.2 Å². The second kappa shape index (κ2) is 6.23. The number of carboxylic acid groups (broad SMARTS) is 1. The van der Waals surface area contributed by atoms with Gasteiger partial charge in [-0.15, -0.1) is 0 Å². The summed E-state index contributed by atoms with van der Waals surface area (Å²) in [6, 6.07) is 3.40. The molecule has 0 aromatic carbocycles. The van der Waals surface area contributed by atoms with E-state index in [4.69, 9.17) is 9.84 Å². The molecular formula is C15H18N4O4. The number of rotatable bonds is 3. The molecule has 0 spiro atoms. The molecule has 122 valence electrons. The minimum atomic E-state index is -1.01. The summed E-state index contributed by atoms with van der Waals surface area (Å²) in [6.07, 6.45) is 3.10. The highest BCUT2D eigenvalue weighted by molar-refractivity contribution is 5.70. The van der Waals surface area contributed by atoms with Gasteiger partial charge in [-0.25, -0.2) is 9.78 Å². The Kier molecular flexibility index (Phi) is 4.14. The minimum absolute atomic E-state index is 0.0144. The Morgan fingerprint density at radius 3 is 2.74 bits per heavy atom. The minimum Gasteiger partial charge on any atom is -0.481 e. The monoisotopic (exact) mass is 318 g/mol. The van der Waals surface area contributed by atoms with Gasteiger partial charge in [-0.2, -0.15) is 4.98 Å². The number of amides is 1. The predicted molar refractivity (Wildman–Crippen MR) is 82.8 cm³/mol. The Labute approximate surface area is 132 Å². The Balaban J connectivity index is 1.92. The molecular weight excluding hydrogens is 300 g/mol. The van der Waals surface area contributed by atoms with Gasteiger partial charge in [0.05, 0.1) is 13.3 Å². The highest BCUT2D eigenvalue weighted by atomic mass is 16.5. The highest BCUT2D eigenvalue weighted by Crippen LogP contribution is 2.29. The third kappa shape index (κ3) is 3.10. The predicted octanol–water partition coefficient (Wildman–Crippen LogP) is 1.55. The molecule has 0 unspecified atom stereocenters. The van der Waals surface area contributed by atoms with Crippen molar-refractivity contribution in [3.63, 3.8) is 0 Å². The molecule has 1 amide bonds. The number of hydrogen-bond acceptors (Lipinski definition) is 5. The fourth-order valence-corrected chi connectivity index (χ4v) is 3.11. The zero-order valence-electron chi connectivity index (χ0n) is 12.7. The molecule has 1 saturated carbocycles. The number of aromatic nitrogens is 3. The van der Waals surface area contributed by atoms with Gasteiger partial charge in [0.25, 0.3) is 5.56 Å². The molecule has 0 radical (unpaired) electrons. The standard InChI is InChI=1S/C15H18N4O4/c1-23-12-7-6-11-14(18-12)19(13(20)8-16-11)10-4-2-9(3-5-10)17-15(21)22/h6-10,17H,2-5H2,1H3,(H,21,22)/t9-,10-. The van der Waals surface area contributed by atoms with Crippen LogP contribution < -0.4 is 15.6 Å². The van der Waals surface area contributed by atoms with Gasteiger partial charge in [0, 0.05) is 18.2 Å². The van der Waals surface area contributed by atoms with E-state index in [1.165, 1.54) is 13.3 Å². The third-order valence-electron chi connectivity index (χ3n) is 4.21. The van der Waals surface area contributed by atoms with E-state index < -0.39 is 6.09 Å². The van der Waals surface area contributed by atoms with E-state index in [9.17, 15) is 9.59 Å². The van der Waals surface area contributed by atoms with E-state index in [1.807, 2.05) is 0 Å². The molecule has 2 N–H and O–H groups in total. The van der Waals surface area contributed by atoms with Gasteiger partial charge in [-0.3, -0.25) is 9.36 Å². The summed E-state index contributed by atoms with van der Waals surface area (Å²) in [4.78, 5) is 31.5. The van der Waals surface area contributed by atoms with Crippen LogP contribution in [-0.4, -0.2) is 38.9 Å². The highest BCUT2D eigenvalue weighted by Gasteiger charge is 2.25. The van der Waals surface area contributed by atoms with E-state index >= 15 is 0 Å². The second-order valence-corrected chi connectivity index (χ2v) is 5.62. The number of nitrogens with one attached hydrogen (secondary N) is 1. The van der Waals surface area contributed by atoms with Crippen LogP contribution in [0.5, 0.6) is 5.88 Å². The first-order chi connectivity index (χ1) is 11.1. The lowest BCUT2D eigenvalue weighted by Crippen LogP contribution is -2.38. The third-order valence-corrected chi connectivity index (χ3v) is 4.21. The lowest BCUT2D eigenvalue weighted by molar-refractivity contribution is 0.182. The average molecular weight is 318 g/mol. The molecule has 2 aromatic rings. The first-order valence-electron chi connectivity index (χ1n) is 7.50. The molecule has 1 fully saturated rings. The van der Waals surface area contributed by atoms with Crippen molar-refractivity contribution in [2.75, 3.05) is 7.11 Å². The van der Waals surface area contributed by atoms with Crippen molar-refractivity contribution in [2.45, 2.75) is 37.8 Å². The van der Waals surface area contributed by atoms with Crippen molar-refractivity contribution in [1.29, 1.82) is 0 Å². The number of hydrogen-bond donors (Lipinski definition) is 2. The van der Waals surface area contributed by atoms with Crippen molar-refractivity contribution in [3.8, 4) is 5.88 Å². The lowest BCUT2D eigenvalue weighted by Gasteiger charge is -2.29. The number of pyridine rings is 1. The SMILES string of the molecule is COc1ccc2ncc(=O)n([C@H]3CC[C@H](NC(=O)O)CC3)c2n1. The van der Waals surface area contributed by atoms with Gasteiger partial charge in [0.1, 0.15) is 5.52 Å². The van der Waals surface area contributed by atoms with Gasteiger partial charge in [0.15, 0.2) is 5.65 Å². The maximum atomic E-state index is 12.3. The molecule has 0 bridgehead atoms. The fourth-order valence-electron chi connectivity index (χ4n) is 3.11. The van der Waals surface area contributed by atoms with Crippen LogP contribution in [0.15, 0.2) is 23.1 Å². The summed E-state index contributed by atoms with van der Waals surface area (Å²) in [5, 5.41) is 11.3. The van der Waals surface area contributed by atoms with E-state index in [0.717, 1.165) is 0 Å². The summed E-state index contributed by atoms with van der Waals surface area (Å²) in [6.45, 7) is 0. The second-order valence-electron chi connectivity index (χ2n) is 5.62. The fraction of sp³-hybridized carbons (Fsp3) is 0.467. The maximum Gasteiger partial charge on any atom is 0.404 e. The van der Waals surface area contributed by atoms with Crippen molar-refractivity contribution < 1.29 is 14.6 Å². The van der Waals surface area contributed by atoms with Crippen molar-refractivity contribution >= 4 is 17.3 Å². The van der Waals surface area contributed by atoms with Crippen molar-refractivity contribution in [3.05, 3.63) is 28.7 Å². The Hall–Kier alpha value is -2.64. The molecule has 0 saturated heterocycles. The largest absolute Gasteiger partial charge is 0.481 e. The number of fused-ring (bicyclic) bond motifs is 1. The number of nitrogens with zero attached hydrogens (tertiary/aromatic N) is 3. The molecule has 0 aliphatic heterocycles. The molecule has 2 aromatic heterocycles. The van der Waals surface area contributed by atoms with Crippen LogP contribution >= 0.6 is 0 Å². The van der Waals surface area contributed by atoms with Crippen LogP contribution in [0.1, 0.15) is 31.7 Å². The Morgan fingerprint density at radius 2 is 2.09 bits per heavy atom. The summed E-state index contributed by atoms with van der Waals surface area (Å²) < 4.78 is 6.79. The van der Waals surface area contributed by atoms with Crippen molar-refractivity contribution in [2.24, 2.45) is 0 Å².